The Hall–Kier alpha value is -0.980. The molecule has 12 heavy (non-hydrogen) atoms. The van der Waals surface area contributed by atoms with Crippen molar-refractivity contribution in [1.29, 1.82) is 0 Å². The van der Waals surface area contributed by atoms with E-state index in [1.807, 2.05) is 0 Å². The fraction of sp³-hybridized carbons (Fsp3) is 0.667. The smallest absolute Gasteiger partial charge is 0.310 e. The summed E-state index contributed by atoms with van der Waals surface area (Å²) in [6, 6.07) is 0. The molecule has 1 fully saturated rings. The van der Waals surface area contributed by atoms with Crippen LogP contribution >= 0.6 is 0 Å². The average Bonchev–Trinajstić information content (AvgIpc) is 2.16. The van der Waals surface area contributed by atoms with Gasteiger partial charge in [0, 0.05) is 13.1 Å². The lowest BCUT2D eigenvalue weighted by molar-refractivity contribution is -0.854. The number of nitrogens with zero attached hydrogens (tertiary/aromatic N) is 2. The number of carbonyl (C=O) groups is 1. The number of nitrogens with two attached hydrogens (primary N) is 1. The van der Waals surface area contributed by atoms with E-state index in [-0.39, 0.29) is 4.59 Å². The lowest BCUT2D eigenvalue weighted by atomic mass is 10.4. The van der Waals surface area contributed by atoms with Crippen molar-refractivity contribution in [3.05, 3.63) is 0 Å². The van der Waals surface area contributed by atoms with Gasteiger partial charge in [0.05, 0.1) is 0 Å². The zero-order valence-corrected chi connectivity index (χ0v) is 6.86. The van der Waals surface area contributed by atoms with Crippen LogP contribution in [0.4, 0.5) is 0 Å². The van der Waals surface area contributed by atoms with E-state index in [0.29, 0.717) is 13.1 Å². The van der Waals surface area contributed by atoms with E-state index < -0.39 is 0 Å². The van der Waals surface area contributed by atoms with Crippen molar-refractivity contribution in [2.75, 3.05) is 26.2 Å². The Balaban J connectivity index is 2.59. The highest BCUT2D eigenvalue weighted by Gasteiger charge is 2.29. The minimum Gasteiger partial charge on any atom is -0.310 e. The fourth-order valence-corrected chi connectivity index (χ4v) is 1.18. The molecule has 1 aliphatic heterocycles. The first-order valence-corrected chi connectivity index (χ1v) is 3.87. The molecule has 0 aromatic rings. The Bertz CT molecular complexity index is 175. The third kappa shape index (κ3) is 2.00. The third-order valence-electron chi connectivity index (χ3n) is 1.91. The van der Waals surface area contributed by atoms with E-state index in [2.05, 4.69) is 15.8 Å². The van der Waals surface area contributed by atoms with Gasteiger partial charge in [0.2, 0.25) is 0 Å². The largest absolute Gasteiger partial charge is 0.327 e. The number of hydrogen-bond acceptors (Lipinski definition) is 4. The van der Waals surface area contributed by atoms with Gasteiger partial charge in [0.15, 0.2) is 6.34 Å². The number of hydrogen-bond donors (Lipinski definition) is 3. The monoisotopic (exact) mass is 172 g/mol. The predicted molar refractivity (Wildman–Crippen MR) is 44.7 cm³/mol. The molecule has 1 amide bonds. The number of hydrazine groups is 1. The summed E-state index contributed by atoms with van der Waals surface area (Å²) in [6.45, 7) is 2.98. The van der Waals surface area contributed by atoms with Gasteiger partial charge in [-0.05, 0) is 0 Å². The van der Waals surface area contributed by atoms with Crippen LogP contribution in [0.1, 0.15) is 0 Å². The molecule has 1 rings (SSSR count). The van der Waals surface area contributed by atoms with Crippen molar-refractivity contribution < 1.29 is 9.39 Å². The molecule has 68 valence electrons. The van der Waals surface area contributed by atoms with Gasteiger partial charge < -0.3 is 10.7 Å². The van der Waals surface area contributed by atoms with Gasteiger partial charge >= 0.3 is 6.41 Å². The molecule has 0 saturated carbocycles. The number of carbonyl (C=O) groups excluding carboxylic acids is 1. The van der Waals surface area contributed by atoms with Crippen LogP contribution in [0.3, 0.4) is 0 Å². The van der Waals surface area contributed by atoms with Gasteiger partial charge in [-0.25, -0.2) is 10.6 Å². The first-order chi connectivity index (χ1) is 5.83. The Morgan fingerprint density at radius 1 is 1.50 bits per heavy atom. The van der Waals surface area contributed by atoms with E-state index in [0.717, 1.165) is 19.5 Å². The molecule has 1 heterocycles. The molecule has 6 nitrogen and oxygen atoms in total. The Kier molecular flexibility index (Phi) is 3.15. The molecule has 0 aliphatic carbocycles. The summed E-state index contributed by atoms with van der Waals surface area (Å²) in [6.07, 6.45) is 2.19. The minimum absolute atomic E-state index is 0.108. The maximum Gasteiger partial charge on any atom is 0.327 e. The highest BCUT2D eigenvalue weighted by Crippen LogP contribution is 2.04. The fourth-order valence-electron chi connectivity index (χ4n) is 1.18. The molecule has 1 saturated heterocycles. The van der Waals surface area contributed by atoms with Crippen molar-refractivity contribution in [3.8, 4) is 0 Å². The highest BCUT2D eigenvalue weighted by atomic mass is 16.2. The average molecular weight is 172 g/mol. The van der Waals surface area contributed by atoms with Gasteiger partial charge in [-0.1, -0.05) is 5.10 Å². The molecule has 4 N–H and O–H groups in total. The maximum absolute atomic E-state index is 10.7. The number of piperazine rings is 1. The molecule has 0 atom stereocenters. The Labute approximate surface area is 71.0 Å². The van der Waals surface area contributed by atoms with Gasteiger partial charge in [-0.2, -0.15) is 0 Å². The minimum atomic E-state index is 0.108. The van der Waals surface area contributed by atoms with E-state index >= 15 is 0 Å². The normalized spacial score (nSPS) is 22.4. The van der Waals surface area contributed by atoms with Crippen molar-refractivity contribution in [3.63, 3.8) is 0 Å². The summed E-state index contributed by atoms with van der Waals surface area (Å²) in [4.78, 5) is 10.7. The molecule has 0 bridgehead atoms. The molecular weight excluding hydrogens is 158 g/mol. The van der Waals surface area contributed by atoms with Crippen molar-refractivity contribution in [2.45, 2.75) is 0 Å². The zero-order chi connectivity index (χ0) is 8.86. The van der Waals surface area contributed by atoms with E-state index in [4.69, 9.17) is 5.84 Å². The van der Waals surface area contributed by atoms with Crippen LogP contribution in [0.15, 0.2) is 5.10 Å². The van der Waals surface area contributed by atoms with E-state index in [1.54, 1.807) is 0 Å². The van der Waals surface area contributed by atoms with Crippen molar-refractivity contribution >= 4 is 12.7 Å². The SMILES string of the molecule is NNC=N[N+]1(C=O)CCNCC1. The summed E-state index contributed by atoms with van der Waals surface area (Å²) in [7, 11) is 0. The number of rotatable bonds is 3. The van der Waals surface area contributed by atoms with Gasteiger partial charge in [-0.15, -0.1) is 4.59 Å². The first kappa shape index (κ1) is 9.11. The van der Waals surface area contributed by atoms with Gasteiger partial charge in [0.25, 0.3) is 0 Å². The molecular formula is C6H14N5O+. The predicted octanol–water partition coefficient (Wildman–Crippen LogP) is -2.03. The van der Waals surface area contributed by atoms with Crippen LogP contribution in [-0.4, -0.2) is 43.5 Å². The van der Waals surface area contributed by atoms with Crippen LogP contribution in [0.5, 0.6) is 0 Å². The van der Waals surface area contributed by atoms with Gasteiger partial charge in [0.1, 0.15) is 13.1 Å². The molecule has 0 radical (unpaired) electrons. The van der Waals surface area contributed by atoms with E-state index in [1.165, 1.54) is 6.34 Å². The second-order valence-electron chi connectivity index (χ2n) is 2.70. The molecule has 6 heteroatoms. The van der Waals surface area contributed by atoms with E-state index in [9.17, 15) is 4.79 Å². The summed E-state index contributed by atoms with van der Waals surface area (Å²) in [5.74, 6) is 5.02. The molecule has 1 aliphatic rings. The second kappa shape index (κ2) is 4.15. The number of quaternary nitrogens is 1. The highest BCUT2D eigenvalue weighted by molar-refractivity contribution is 5.53. The molecule has 0 aromatic heterocycles. The van der Waals surface area contributed by atoms with Crippen LogP contribution in [0, 0.1) is 0 Å². The third-order valence-corrected chi connectivity index (χ3v) is 1.91. The second-order valence-corrected chi connectivity index (χ2v) is 2.70. The van der Waals surface area contributed by atoms with Gasteiger partial charge in [-0.3, -0.25) is 0 Å². The van der Waals surface area contributed by atoms with Crippen molar-refractivity contribution in [2.24, 2.45) is 10.9 Å². The molecule has 0 aromatic carbocycles. The van der Waals surface area contributed by atoms with Crippen LogP contribution < -0.4 is 16.6 Å². The summed E-state index contributed by atoms with van der Waals surface area (Å²) in [5.41, 5.74) is 2.29. The van der Waals surface area contributed by atoms with Crippen molar-refractivity contribution in [1.82, 2.24) is 10.7 Å². The Morgan fingerprint density at radius 2 is 2.17 bits per heavy atom. The quantitative estimate of drug-likeness (QED) is 0.114. The lowest BCUT2D eigenvalue weighted by Gasteiger charge is -2.28. The van der Waals surface area contributed by atoms with Crippen LogP contribution in [0.25, 0.3) is 0 Å². The number of nitrogens with one attached hydrogen (secondary N) is 2. The summed E-state index contributed by atoms with van der Waals surface area (Å²) >= 11 is 0. The summed E-state index contributed by atoms with van der Waals surface area (Å²) < 4.78 is 0.108. The molecule has 0 spiro atoms. The number of amides is 1. The molecule has 0 unspecified atom stereocenters. The topological polar surface area (TPSA) is 79.5 Å². The first-order valence-electron chi connectivity index (χ1n) is 3.87. The van der Waals surface area contributed by atoms with Crippen LogP contribution in [0.2, 0.25) is 0 Å². The summed E-state index contributed by atoms with van der Waals surface area (Å²) in [5, 5.41) is 7.17. The van der Waals surface area contributed by atoms with Crippen LogP contribution in [-0.2, 0) is 4.79 Å². The lowest BCUT2D eigenvalue weighted by Crippen LogP contribution is -2.54. The zero-order valence-electron chi connectivity index (χ0n) is 6.86. The Morgan fingerprint density at radius 3 is 2.67 bits per heavy atom. The maximum atomic E-state index is 10.7. The standard InChI is InChI=1S/C6H14N5O/c7-9-5-10-11(6-12)3-1-8-2-4-11/h5-6,8H,1-4,7H2,(H,9,10)/q+1.